The van der Waals surface area contributed by atoms with Gasteiger partial charge in [0.1, 0.15) is 17.5 Å². The van der Waals surface area contributed by atoms with Crippen molar-refractivity contribution in [2.24, 2.45) is 0 Å². The van der Waals surface area contributed by atoms with Gasteiger partial charge in [-0.3, -0.25) is 9.97 Å². The van der Waals surface area contributed by atoms with Crippen molar-refractivity contribution >= 4 is 28.2 Å². The number of nitrogens with one attached hydrogen (secondary N) is 2. The zero-order valence-electron chi connectivity index (χ0n) is 17.8. The third-order valence-corrected chi connectivity index (χ3v) is 5.26. The Labute approximate surface area is 193 Å². The van der Waals surface area contributed by atoms with Gasteiger partial charge < -0.3 is 5.32 Å². The van der Waals surface area contributed by atoms with Gasteiger partial charge in [0.05, 0.1) is 17.6 Å². The number of hydrogen-bond donors (Lipinski definition) is 2. The van der Waals surface area contributed by atoms with Crippen molar-refractivity contribution < 1.29 is 12.8 Å². The van der Waals surface area contributed by atoms with Crippen LogP contribution in [-0.4, -0.2) is 47.7 Å². The van der Waals surface area contributed by atoms with Crippen LogP contribution in [0.25, 0.3) is 0 Å². The van der Waals surface area contributed by atoms with Crippen LogP contribution in [0.3, 0.4) is 0 Å². The van der Waals surface area contributed by atoms with Crippen LogP contribution >= 0.6 is 12.4 Å². The van der Waals surface area contributed by atoms with Crippen LogP contribution in [0.4, 0.5) is 10.2 Å². The number of halogens is 2. The molecule has 0 bridgehead atoms. The van der Waals surface area contributed by atoms with Crippen LogP contribution < -0.4 is 10.0 Å². The standard InChI is InChI=1S/C21H25FN6O2S.ClH/c1-15(16-3-5-17(22)6-4-16)11-21-27-18(12-19-14-23-7-8-24-19)13-20(28-21)25-9-10-26-31(2,29)30;/h3-8,13-15,26H,9-12H2,1-2H3,(H,25,27,28);1H/t15-;/m1./s1. The van der Waals surface area contributed by atoms with E-state index < -0.39 is 10.0 Å². The summed E-state index contributed by atoms with van der Waals surface area (Å²) in [6, 6.07) is 8.23. The summed E-state index contributed by atoms with van der Waals surface area (Å²) in [6.07, 6.45) is 7.10. The molecule has 0 aliphatic carbocycles. The van der Waals surface area contributed by atoms with Gasteiger partial charge in [0.15, 0.2) is 0 Å². The molecule has 0 fully saturated rings. The molecule has 0 aliphatic rings. The molecule has 1 aromatic carbocycles. The average molecular weight is 481 g/mol. The lowest BCUT2D eigenvalue weighted by Gasteiger charge is -2.14. The molecule has 3 rings (SSSR count). The molecule has 172 valence electrons. The Kier molecular flexibility index (Phi) is 9.42. The van der Waals surface area contributed by atoms with Crippen molar-refractivity contribution in [1.82, 2.24) is 24.7 Å². The predicted octanol–water partition coefficient (Wildman–Crippen LogP) is 2.73. The topological polar surface area (TPSA) is 110 Å². The molecular formula is C21H26ClFN6O2S. The van der Waals surface area contributed by atoms with Gasteiger partial charge in [-0.1, -0.05) is 19.1 Å². The van der Waals surface area contributed by atoms with Crippen molar-refractivity contribution in [3.63, 3.8) is 0 Å². The van der Waals surface area contributed by atoms with E-state index in [1.165, 1.54) is 12.1 Å². The van der Waals surface area contributed by atoms with Gasteiger partial charge in [-0.25, -0.2) is 27.5 Å². The van der Waals surface area contributed by atoms with Gasteiger partial charge in [-0.2, -0.15) is 0 Å². The van der Waals surface area contributed by atoms with E-state index in [-0.39, 0.29) is 30.7 Å². The highest BCUT2D eigenvalue weighted by Crippen LogP contribution is 2.21. The lowest BCUT2D eigenvalue weighted by Crippen LogP contribution is -2.28. The Morgan fingerprint density at radius 1 is 1.06 bits per heavy atom. The second-order valence-electron chi connectivity index (χ2n) is 7.28. The van der Waals surface area contributed by atoms with Crippen molar-refractivity contribution in [3.05, 3.63) is 77.5 Å². The number of hydrogen-bond acceptors (Lipinski definition) is 7. The zero-order chi connectivity index (χ0) is 22.3. The van der Waals surface area contributed by atoms with E-state index in [4.69, 9.17) is 0 Å². The first kappa shape index (κ1) is 25.6. The summed E-state index contributed by atoms with van der Waals surface area (Å²) in [5.74, 6) is 1.06. The van der Waals surface area contributed by atoms with Crippen LogP contribution in [0.1, 0.15) is 35.6 Å². The predicted molar refractivity (Wildman–Crippen MR) is 124 cm³/mol. The third-order valence-electron chi connectivity index (χ3n) is 4.53. The highest BCUT2D eigenvalue weighted by Gasteiger charge is 2.12. The van der Waals surface area contributed by atoms with Crippen molar-refractivity contribution in [2.45, 2.75) is 25.7 Å². The molecule has 0 aliphatic heterocycles. The minimum absolute atomic E-state index is 0. The maximum absolute atomic E-state index is 13.2. The van der Waals surface area contributed by atoms with Gasteiger partial charge in [-0.15, -0.1) is 12.4 Å². The SMILES string of the molecule is C[C@H](Cc1nc(Cc2cnccn2)cc(NCCNS(C)(=O)=O)n1)c1ccc(F)cc1.Cl. The summed E-state index contributed by atoms with van der Waals surface area (Å²) in [6.45, 7) is 2.65. The van der Waals surface area contributed by atoms with Crippen molar-refractivity contribution in [3.8, 4) is 0 Å². The number of anilines is 1. The fourth-order valence-corrected chi connectivity index (χ4v) is 3.51. The van der Waals surface area contributed by atoms with Crippen LogP contribution in [0.15, 0.2) is 48.9 Å². The second kappa shape index (κ2) is 11.8. The fraction of sp³-hybridized carbons (Fsp3) is 0.333. The fourth-order valence-electron chi connectivity index (χ4n) is 3.04. The summed E-state index contributed by atoms with van der Waals surface area (Å²) in [4.78, 5) is 17.6. The van der Waals surface area contributed by atoms with Gasteiger partial charge in [-0.05, 0) is 23.6 Å². The van der Waals surface area contributed by atoms with E-state index in [1.807, 2.05) is 13.0 Å². The Hall–Kier alpha value is -2.69. The van der Waals surface area contributed by atoms with Gasteiger partial charge in [0.2, 0.25) is 10.0 Å². The monoisotopic (exact) mass is 480 g/mol. The molecule has 2 N–H and O–H groups in total. The summed E-state index contributed by atoms with van der Waals surface area (Å²) >= 11 is 0. The first-order chi connectivity index (χ1) is 14.8. The quantitative estimate of drug-likeness (QED) is 0.429. The minimum atomic E-state index is -3.25. The molecule has 1 atom stereocenters. The smallest absolute Gasteiger partial charge is 0.208 e. The van der Waals surface area contributed by atoms with Crippen LogP contribution in [-0.2, 0) is 22.9 Å². The number of nitrogens with zero attached hydrogens (tertiary/aromatic N) is 4. The number of rotatable bonds is 10. The molecular weight excluding hydrogens is 455 g/mol. The largest absolute Gasteiger partial charge is 0.369 e. The van der Waals surface area contributed by atoms with E-state index in [9.17, 15) is 12.8 Å². The zero-order valence-corrected chi connectivity index (χ0v) is 19.5. The van der Waals surface area contributed by atoms with Crippen LogP contribution in [0, 0.1) is 5.82 Å². The Morgan fingerprint density at radius 2 is 1.81 bits per heavy atom. The number of sulfonamides is 1. The van der Waals surface area contributed by atoms with Gasteiger partial charge in [0, 0.05) is 50.6 Å². The summed E-state index contributed by atoms with van der Waals surface area (Å²) in [5.41, 5.74) is 2.55. The highest BCUT2D eigenvalue weighted by molar-refractivity contribution is 7.88. The van der Waals surface area contributed by atoms with Gasteiger partial charge >= 0.3 is 0 Å². The number of benzene rings is 1. The molecule has 0 unspecified atom stereocenters. The van der Waals surface area contributed by atoms with Crippen molar-refractivity contribution in [1.29, 1.82) is 0 Å². The first-order valence-corrected chi connectivity index (χ1v) is 11.7. The lowest BCUT2D eigenvalue weighted by molar-refractivity contribution is 0.589. The van der Waals surface area contributed by atoms with E-state index >= 15 is 0 Å². The van der Waals surface area contributed by atoms with Crippen molar-refractivity contribution in [2.75, 3.05) is 24.7 Å². The molecule has 2 heterocycles. The highest BCUT2D eigenvalue weighted by atomic mass is 35.5. The lowest BCUT2D eigenvalue weighted by atomic mass is 9.97. The molecule has 0 spiro atoms. The molecule has 2 aromatic heterocycles. The molecule has 8 nitrogen and oxygen atoms in total. The molecule has 32 heavy (non-hydrogen) atoms. The average Bonchev–Trinajstić information content (AvgIpc) is 2.72. The summed E-state index contributed by atoms with van der Waals surface area (Å²) in [7, 11) is -3.25. The normalized spacial score (nSPS) is 12.1. The summed E-state index contributed by atoms with van der Waals surface area (Å²) < 4.78 is 38.1. The van der Waals surface area contributed by atoms with E-state index in [1.54, 1.807) is 30.7 Å². The Balaban J connectivity index is 0.00000363. The Morgan fingerprint density at radius 3 is 2.47 bits per heavy atom. The second-order valence-corrected chi connectivity index (χ2v) is 9.12. The van der Waals surface area contributed by atoms with Crippen LogP contribution in [0.5, 0.6) is 0 Å². The third kappa shape index (κ3) is 8.45. The number of aromatic nitrogens is 4. The molecule has 3 aromatic rings. The van der Waals surface area contributed by atoms with E-state index in [0.29, 0.717) is 31.0 Å². The van der Waals surface area contributed by atoms with Gasteiger partial charge in [0.25, 0.3) is 0 Å². The molecule has 11 heteroatoms. The Bertz CT molecular complexity index is 1100. The maximum Gasteiger partial charge on any atom is 0.208 e. The molecule has 0 saturated heterocycles. The molecule has 0 radical (unpaired) electrons. The van der Waals surface area contributed by atoms with E-state index in [0.717, 1.165) is 23.2 Å². The van der Waals surface area contributed by atoms with Crippen LogP contribution in [0.2, 0.25) is 0 Å². The maximum atomic E-state index is 13.2. The first-order valence-electron chi connectivity index (χ1n) is 9.84. The summed E-state index contributed by atoms with van der Waals surface area (Å²) in [5, 5.41) is 3.14. The molecule has 0 amide bonds. The molecule has 0 saturated carbocycles. The van der Waals surface area contributed by atoms with E-state index in [2.05, 4.69) is 30.0 Å². The minimum Gasteiger partial charge on any atom is -0.369 e.